The maximum atomic E-state index is 2.48. The first-order valence-corrected chi connectivity index (χ1v) is 12.2. The molecule has 0 N–H and O–H groups in total. The summed E-state index contributed by atoms with van der Waals surface area (Å²) in [6.07, 6.45) is 2.17. The molecule has 134 valence electrons. The van der Waals surface area contributed by atoms with Gasteiger partial charge in [-0.25, -0.2) is 0 Å². The highest BCUT2D eigenvalue weighted by Gasteiger charge is 2.28. The van der Waals surface area contributed by atoms with Crippen LogP contribution in [0.15, 0.2) is 53.2 Å². The first kappa shape index (κ1) is 15.7. The van der Waals surface area contributed by atoms with Crippen molar-refractivity contribution in [2.24, 2.45) is 0 Å². The molecule has 28 heavy (non-hydrogen) atoms. The summed E-state index contributed by atoms with van der Waals surface area (Å²) < 4.78 is 2.95. The van der Waals surface area contributed by atoms with Gasteiger partial charge in [-0.1, -0.05) is 24.3 Å². The molecule has 2 aromatic carbocycles. The first-order valence-electron chi connectivity index (χ1n) is 9.59. The smallest absolute Gasteiger partial charge is 0.0388 e. The van der Waals surface area contributed by atoms with Crippen molar-refractivity contribution in [1.29, 1.82) is 0 Å². The largest absolute Gasteiger partial charge is 0.143 e. The fraction of sp³-hybridized carbons (Fsp3) is 0.120. The summed E-state index contributed by atoms with van der Waals surface area (Å²) in [6, 6.07) is 16.2. The first-order chi connectivity index (χ1) is 13.8. The van der Waals surface area contributed by atoms with Crippen molar-refractivity contribution in [3.63, 3.8) is 0 Å². The third kappa shape index (κ3) is 1.94. The second-order valence-corrected chi connectivity index (χ2v) is 10.7. The van der Waals surface area contributed by atoms with Gasteiger partial charge >= 0.3 is 0 Å². The highest BCUT2D eigenvalue weighted by Crippen LogP contribution is 2.50. The molecule has 0 aliphatic heterocycles. The van der Waals surface area contributed by atoms with Gasteiger partial charge in [0.15, 0.2) is 0 Å². The van der Waals surface area contributed by atoms with Crippen molar-refractivity contribution in [3.8, 4) is 10.4 Å². The molecule has 0 radical (unpaired) electrons. The van der Waals surface area contributed by atoms with E-state index >= 15 is 0 Å². The number of rotatable bonds is 1. The molecule has 3 heterocycles. The van der Waals surface area contributed by atoms with Crippen molar-refractivity contribution in [1.82, 2.24) is 0 Å². The minimum absolute atomic E-state index is 1.08. The molecule has 0 bridgehead atoms. The van der Waals surface area contributed by atoms with Crippen molar-refractivity contribution in [2.45, 2.75) is 19.8 Å². The molecule has 0 saturated carbocycles. The lowest BCUT2D eigenvalue weighted by Crippen LogP contribution is -1.85. The number of benzene rings is 2. The van der Waals surface area contributed by atoms with Gasteiger partial charge in [-0.15, -0.1) is 34.0 Å². The second kappa shape index (κ2) is 5.44. The van der Waals surface area contributed by atoms with Gasteiger partial charge in [-0.3, -0.25) is 0 Å². The Kier molecular flexibility index (Phi) is 3.05. The van der Waals surface area contributed by atoms with E-state index in [-0.39, 0.29) is 0 Å². The maximum Gasteiger partial charge on any atom is 0.0388 e. The zero-order valence-electron chi connectivity index (χ0n) is 15.3. The van der Waals surface area contributed by atoms with Gasteiger partial charge in [-0.2, -0.15) is 0 Å². The lowest BCUT2D eigenvalue weighted by molar-refractivity contribution is 1.29. The van der Waals surface area contributed by atoms with Crippen molar-refractivity contribution < 1.29 is 0 Å². The van der Waals surface area contributed by atoms with E-state index in [4.69, 9.17) is 0 Å². The van der Waals surface area contributed by atoms with Crippen LogP contribution in [0.3, 0.4) is 0 Å². The minimum Gasteiger partial charge on any atom is -0.143 e. The molecule has 0 spiro atoms. The van der Waals surface area contributed by atoms with E-state index in [1.165, 1.54) is 63.3 Å². The van der Waals surface area contributed by atoms with Crippen LogP contribution in [-0.2, 0) is 12.8 Å². The Morgan fingerprint density at radius 3 is 2.18 bits per heavy atom. The van der Waals surface area contributed by atoms with E-state index in [2.05, 4.69) is 60.1 Å². The molecule has 7 rings (SSSR count). The molecular weight excluding hydrogens is 396 g/mol. The lowest BCUT2D eigenvalue weighted by Gasteiger charge is -2.03. The van der Waals surface area contributed by atoms with Gasteiger partial charge in [0, 0.05) is 32.0 Å². The minimum atomic E-state index is 1.08. The molecule has 3 heteroatoms. The van der Waals surface area contributed by atoms with Crippen LogP contribution in [0.1, 0.15) is 34.1 Å². The molecule has 0 fully saturated rings. The van der Waals surface area contributed by atoms with Crippen molar-refractivity contribution in [3.05, 3.63) is 80.4 Å². The predicted octanol–water partition coefficient (Wildman–Crippen LogP) is 8.24. The molecule has 5 aromatic rings. The Balaban J connectivity index is 1.36. The molecule has 0 amide bonds. The van der Waals surface area contributed by atoms with Gasteiger partial charge in [-0.05, 0) is 85.6 Å². The number of thiophene rings is 3. The number of fused-ring (bicyclic) bond motifs is 8. The molecular formula is C25H16S3. The Hall–Kier alpha value is -2.20. The molecule has 0 atom stereocenters. The average molecular weight is 413 g/mol. The standard InChI is InChI=1S/C25H16S3/c1-13-17-4-2-14-6-9-27-24(14)21(17)12-19(13)22-11-16-10-20-18(25(16)28-22)5-3-15-7-8-26-23(15)20/h2-9,11H,10,12H2,1H3. The summed E-state index contributed by atoms with van der Waals surface area (Å²) in [6.45, 7) is 2.31. The second-order valence-electron chi connectivity index (χ2n) is 7.78. The third-order valence-corrected chi connectivity index (χ3v) is 9.63. The molecule has 0 nitrogen and oxygen atoms in total. The van der Waals surface area contributed by atoms with Crippen LogP contribution in [0, 0.1) is 0 Å². The fourth-order valence-corrected chi connectivity index (χ4v) is 8.20. The Labute approximate surface area is 175 Å². The molecule has 2 aliphatic rings. The Morgan fingerprint density at radius 2 is 1.43 bits per heavy atom. The predicted molar refractivity (Wildman–Crippen MR) is 126 cm³/mol. The highest BCUT2D eigenvalue weighted by atomic mass is 32.1. The van der Waals surface area contributed by atoms with Crippen LogP contribution in [0.25, 0.3) is 41.8 Å². The van der Waals surface area contributed by atoms with Crippen LogP contribution >= 0.6 is 34.0 Å². The Morgan fingerprint density at radius 1 is 0.750 bits per heavy atom. The lowest BCUT2D eigenvalue weighted by atomic mass is 10.1. The summed E-state index contributed by atoms with van der Waals surface area (Å²) >= 11 is 5.78. The maximum absolute atomic E-state index is 2.48. The van der Waals surface area contributed by atoms with Gasteiger partial charge in [0.2, 0.25) is 0 Å². The number of hydrogen-bond donors (Lipinski definition) is 0. The van der Waals surface area contributed by atoms with E-state index in [0.717, 1.165) is 12.8 Å². The summed E-state index contributed by atoms with van der Waals surface area (Å²) in [5.74, 6) is 0. The monoisotopic (exact) mass is 412 g/mol. The van der Waals surface area contributed by atoms with Gasteiger partial charge in [0.05, 0.1) is 0 Å². The van der Waals surface area contributed by atoms with E-state index in [9.17, 15) is 0 Å². The highest BCUT2D eigenvalue weighted by molar-refractivity contribution is 7.18. The zero-order chi connectivity index (χ0) is 18.4. The van der Waals surface area contributed by atoms with Gasteiger partial charge < -0.3 is 0 Å². The van der Waals surface area contributed by atoms with Crippen molar-refractivity contribution in [2.75, 3.05) is 0 Å². The summed E-state index contributed by atoms with van der Waals surface area (Å²) in [4.78, 5) is 2.97. The average Bonchev–Trinajstić information content (AvgIpc) is 3.48. The van der Waals surface area contributed by atoms with E-state index in [0.29, 0.717) is 0 Å². The van der Waals surface area contributed by atoms with E-state index < -0.39 is 0 Å². The third-order valence-electron chi connectivity index (χ3n) is 6.38. The molecule has 3 aromatic heterocycles. The van der Waals surface area contributed by atoms with Crippen LogP contribution in [0.2, 0.25) is 0 Å². The summed E-state index contributed by atoms with van der Waals surface area (Å²) in [7, 11) is 0. The van der Waals surface area contributed by atoms with Crippen molar-refractivity contribution >= 4 is 65.3 Å². The number of hydrogen-bond acceptors (Lipinski definition) is 3. The van der Waals surface area contributed by atoms with Crippen LogP contribution in [0.4, 0.5) is 0 Å². The molecule has 0 saturated heterocycles. The SMILES string of the molecule is CC1=C(c2cc3c(s2)-c2ccc4ccsc4c2C3)Cc2c1ccc1ccsc21. The van der Waals surface area contributed by atoms with E-state index in [1.54, 1.807) is 5.56 Å². The normalized spacial score (nSPS) is 14.9. The fourth-order valence-electron chi connectivity index (χ4n) is 4.97. The molecule has 0 unspecified atom stereocenters. The molecule has 2 aliphatic carbocycles. The van der Waals surface area contributed by atoms with Gasteiger partial charge in [0.25, 0.3) is 0 Å². The van der Waals surface area contributed by atoms with Crippen LogP contribution < -0.4 is 0 Å². The number of allylic oxidation sites excluding steroid dienone is 2. The zero-order valence-corrected chi connectivity index (χ0v) is 17.8. The summed E-state index contributed by atoms with van der Waals surface area (Å²) in [5, 5.41) is 7.22. The van der Waals surface area contributed by atoms with Crippen LogP contribution in [-0.4, -0.2) is 0 Å². The van der Waals surface area contributed by atoms with Crippen LogP contribution in [0.5, 0.6) is 0 Å². The van der Waals surface area contributed by atoms with Gasteiger partial charge in [0.1, 0.15) is 0 Å². The van der Waals surface area contributed by atoms with E-state index in [1.807, 2.05) is 34.0 Å². The quantitative estimate of drug-likeness (QED) is 0.255. The Bertz CT molecular complexity index is 1470. The summed E-state index contributed by atoms with van der Waals surface area (Å²) in [5.41, 5.74) is 10.5. The topological polar surface area (TPSA) is 0 Å².